The Morgan fingerprint density at radius 1 is 0.500 bits per heavy atom. The predicted molar refractivity (Wildman–Crippen MR) is 164 cm³/mol. The van der Waals surface area contributed by atoms with Crippen molar-refractivity contribution in [3.8, 4) is 0 Å². The number of hydrogen-bond acceptors (Lipinski definition) is 2. The van der Waals surface area contributed by atoms with E-state index in [-0.39, 0.29) is 0 Å². The maximum atomic E-state index is 2.84. The summed E-state index contributed by atoms with van der Waals surface area (Å²) in [7, 11) is 2.28. The minimum Gasteiger partial charge on any atom is -0.304 e. The molecule has 0 aromatic heterocycles. The van der Waals surface area contributed by atoms with Crippen LogP contribution in [0.25, 0.3) is 0 Å². The average molecular weight is 503 g/mol. The van der Waals surface area contributed by atoms with E-state index in [1.165, 1.54) is 161 Å². The maximum absolute atomic E-state index is 2.84. The van der Waals surface area contributed by atoms with Crippen molar-refractivity contribution in [2.24, 2.45) is 0 Å². The van der Waals surface area contributed by atoms with Crippen LogP contribution in [-0.4, -0.2) is 49.1 Å². The predicted octanol–water partition coefficient (Wildman–Crippen LogP) is 10.3. The molecule has 0 amide bonds. The summed E-state index contributed by atoms with van der Waals surface area (Å²) in [6.07, 6.45) is 40.2. The van der Waals surface area contributed by atoms with Crippen LogP contribution in [0.3, 0.4) is 0 Å². The van der Waals surface area contributed by atoms with Gasteiger partial charge in [0.1, 0.15) is 0 Å². The van der Waals surface area contributed by atoms with Crippen molar-refractivity contribution in [1.29, 1.82) is 0 Å². The number of likely N-dealkylation sites (N-methyl/N-ethyl adjacent to an activating group) is 1. The molecular weight excluding hydrogens is 436 g/mol. The van der Waals surface area contributed by atoms with Gasteiger partial charge >= 0.3 is 0 Å². The van der Waals surface area contributed by atoms with Gasteiger partial charge in [-0.05, 0) is 52.0 Å². The standard InChI is InChI=1S/C34H66N2/c1-4-6-8-10-12-13-14-15-16-17-18-19-20-21-23-25-27-29-34(36-32-30-35(3)31-33-36)28-26-24-22-11-9-7-5-2/h12-13,15-16,34H,4-11,14,17-33H2,1-3H3. The van der Waals surface area contributed by atoms with Crippen molar-refractivity contribution in [2.45, 2.75) is 161 Å². The van der Waals surface area contributed by atoms with Crippen LogP contribution in [0.5, 0.6) is 0 Å². The largest absolute Gasteiger partial charge is 0.304 e. The topological polar surface area (TPSA) is 6.48 Å². The first-order valence-electron chi connectivity index (χ1n) is 16.5. The lowest BCUT2D eigenvalue weighted by atomic mass is 9.98. The first-order chi connectivity index (χ1) is 17.8. The summed E-state index contributed by atoms with van der Waals surface area (Å²) in [6, 6.07) is 0.854. The van der Waals surface area contributed by atoms with E-state index in [4.69, 9.17) is 0 Å². The van der Waals surface area contributed by atoms with Crippen LogP contribution in [0, 0.1) is 0 Å². The molecule has 1 atom stereocenters. The minimum absolute atomic E-state index is 0.854. The Bertz CT molecular complexity index is 489. The molecule has 1 aliphatic rings. The van der Waals surface area contributed by atoms with Gasteiger partial charge in [0, 0.05) is 32.2 Å². The third kappa shape index (κ3) is 20.5. The van der Waals surface area contributed by atoms with Crippen molar-refractivity contribution in [3.63, 3.8) is 0 Å². The zero-order valence-electron chi connectivity index (χ0n) is 25.2. The quantitative estimate of drug-likeness (QED) is 0.0904. The van der Waals surface area contributed by atoms with Crippen molar-refractivity contribution < 1.29 is 0 Å². The van der Waals surface area contributed by atoms with Crippen LogP contribution in [-0.2, 0) is 0 Å². The number of nitrogens with zero attached hydrogens (tertiary/aromatic N) is 2. The molecule has 0 aliphatic carbocycles. The Kier molecular flexibility index (Phi) is 24.2. The van der Waals surface area contributed by atoms with Gasteiger partial charge in [-0.15, -0.1) is 0 Å². The fraction of sp³-hybridized carbons (Fsp3) is 0.882. The van der Waals surface area contributed by atoms with Crippen LogP contribution in [0.15, 0.2) is 24.3 Å². The Morgan fingerprint density at radius 3 is 1.44 bits per heavy atom. The number of allylic oxidation sites excluding steroid dienone is 4. The molecule has 212 valence electrons. The zero-order chi connectivity index (χ0) is 25.9. The number of unbranched alkanes of at least 4 members (excludes halogenated alkanes) is 16. The molecule has 2 heteroatoms. The van der Waals surface area contributed by atoms with Gasteiger partial charge in [-0.2, -0.15) is 0 Å². The molecule has 1 saturated heterocycles. The summed E-state index contributed by atoms with van der Waals surface area (Å²) in [5.41, 5.74) is 0. The second-order valence-corrected chi connectivity index (χ2v) is 11.6. The summed E-state index contributed by atoms with van der Waals surface area (Å²) >= 11 is 0. The van der Waals surface area contributed by atoms with Crippen molar-refractivity contribution in [2.75, 3.05) is 33.2 Å². The van der Waals surface area contributed by atoms with Gasteiger partial charge in [0.05, 0.1) is 0 Å². The first-order valence-corrected chi connectivity index (χ1v) is 16.5. The summed E-state index contributed by atoms with van der Waals surface area (Å²) in [5.74, 6) is 0. The number of piperazine rings is 1. The highest BCUT2D eigenvalue weighted by Crippen LogP contribution is 2.20. The molecule has 1 unspecified atom stereocenters. The third-order valence-electron chi connectivity index (χ3n) is 8.18. The fourth-order valence-corrected chi connectivity index (χ4v) is 5.58. The lowest BCUT2D eigenvalue weighted by Gasteiger charge is -2.38. The van der Waals surface area contributed by atoms with E-state index in [0.29, 0.717) is 0 Å². The Labute approximate surface area is 228 Å². The molecular formula is C34H66N2. The van der Waals surface area contributed by atoms with Gasteiger partial charge in [-0.25, -0.2) is 0 Å². The van der Waals surface area contributed by atoms with E-state index < -0.39 is 0 Å². The van der Waals surface area contributed by atoms with Gasteiger partial charge in [0.2, 0.25) is 0 Å². The zero-order valence-corrected chi connectivity index (χ0v) is 25.2. The highest BCUT2D eigenvalue weighted by Gasteiger charge is 2.21. The molecule has 0 spiro atoms. The van der Waals surface area contributed by atoms with Crippen LogP contribution < -0.4 is 0 Å². The SMILES string of the molecule is CCCCCC=CCC=CCCCCCCCCCC(CCCCCCCCC)N1CCN(C)CC1. The summed E-state index contributed by atoms with van der Waals surface area (Å²) in [6.45, 7) is 9.70. The average Bonchev–Trinajstić information content (AvgIpc) is 2.89. The molecule has 0 aromatic carbocycles. The van der Waals surface area contributed by atoms with Crippen molar-refractivity contribution in [3.05, 3.63) is 24.3 Å². The van der Waals surface area contributed by atoms with E-state index >= 15 is 0 Å². The van der Waals surface area contributed by atoms with Gasteiger partial charge in [0.15, 0.2) is 0 Å². The first kappa shape index (κ1) is 33.4. The van der Waals surface area contributed by atoms with Gasteiger partial charge in [-0.1, -0.05) is 134 Å². The fourth-order valence-electron chi connectivity index (χ4n) is 5.58. The molecule has 1 fully saturated rings. The molecule has 0 aromatic rings. The Morgan fingerprint density at radius 2 is 0.917 bits per heavy atom. The van der Waals surface area contributed by atoms with E-state index in [9.17, 15) is 0 Å². The minimum atomic E-state index is 0.854. The van der Waals surface area contributed by atoms with Crippen LogP contribution >= 0.6 is 0 Å². The Hall–Kier alpha value is -0.600. The summed E-state index contributed by atoms with van der Waals surface area (Å²) in [5, 5.41) is 0. The monoisotopic (exact) mass is 503 g/mol. The summed E-state index contributed by atoms with van der Waals surface area (Å²) < 4.78 is 0. The molecule has 36 heavy (non-hydrogen) atoms. The van der Waals surface area contributed by atoms with Crippen LogP contribution in [0.1, 0.15) is 155 Å². The second-order valence-electron chi connectivity index (χ2n) is 11.6. The molecule has 0 radical (unpaired) electrons. The van der Waals surface area contributed by atoms with Crippen LogP contribution in [0.4, 0.5) is 0 Å². The normalized spacial score (nSPS) is 16.5. The van der Waals surface area contributed by atoms with Gasteiger partial charge in [0.25, 0.3) is 0 Å². The summed E-state index contributed by atoms with van der Waals surface area (Å²) in [4.78, 5) is 5.34. The van der Waals surface area contributed by atoms with E-state index in [1.807, 2.05) is 0 Å². The lowest BCUT2D eigenvalue weighted by molar-refractivity contribution is 0.0989. The molecule has 2 nitrogen and oxygen atoms in total. The second kappa shape index (κ2) is 26.0. The molecule has 0 N–H and O–H groups in total. The molecule has 1 aliphatic heterocycles. The molecule has 1 rings (SSSR count). The van der Waals surface area contributed by atoms with Gasteiger partial charge in [-0.3, -0.25) is 4.90 Å². The lowest BCUT2D eigenvalue weighted by Crippen LogP contribution is -2.49. The third-order valence-corrected chi connectivity index (χ3v) is 8.18. The maximum Gasteiger partial charge on any atom is 0.0113 e. The van der Waals surface area contributed by atoms with E-state index in [1.54, 1.807) is 0 Å². The number of hydrogen-bond donors (Lipinski definition) is 0. The smallest absolute Gasteiger partial charge is 0.0113 e. The van der Waals surface area contributed by atoms with E-state index in [2.05, 4.69) is 55.0 Å². The van der Waals surface area contributed by atoms with Crippen molar-refractivity contribution in [1.82, 2.24) is 9.80 Å². The van der Waals surface area contributed by atoms with Crippen molar-refractivity contribution >= 4 is 0 Å². The van der Waals surface area contributed by atoms with E-state index in [0.717, 1.165) is 12.5 Å². The Balaban J connectivity index is 2.04. The molecule has 0 bridgehead atoms. The van der Waals surface area contributed by atoms with Crippen LogP contribution in [0.2, 0.25) is 0 Å². The van der Waals surface area contributed by atoms with Gasteiger partial charge < -0.3 is 4.90 Å². The number of rotatable bonds is 25. The highest BCUT2D eigenvalue weighted by atomic mass is 15.3. The molecule has 1 heterocycles. The molecule has 0 saturated carbocycles. The highest BCUT2D eigenvalue weighted by molar-refractivity contribution is 4.92.